The second-order valence-corrected chi connectivity index (χ2v) is 4.50. The highest BCUT2D eigenvalue weighted by Gasteiger charge is 2.31. The molecule has 0 aliphatic heterocycles. The summed E-state index contributed by atoms with van der Waals surface area (Å²) in [5.41, 5.74) is 0.933. The van der Waals surface area contributed by atoms with Crippen LogP contribution in [0.5, 0.6) is 0 Å². The van der Waals surface area contributed by atoms with Gasteiger partial charge in [0.15, 0.2) is 5.65 Å². The maximum absolute atomic E-state index is 12.0. The van der Waals surface area contributed by atoms with Gasteiger partial charge in [0.25, 0.3) is 0 Å². The van der Waals surface area contributed by atoms with Crippen molar-refractivity contribution >= 4 is 28.5 Å². The molecule has 0 spiro atoms. The van der Waals surface area contributed by atoms with E-state index in [4.69, 9.17) is 11.6 Å². The van der Waals surface area contributed by atoms with Crippen LogP contribution in [0.2, 0.25) is 5.28 Å². The fourth-order valence-corrected chi connectivity index (χ4v) is 2.22. The summed E-state index contributed by atoms with van der Waals surface area (Å²) in [6, 6.07) is -0.0929. The normalized spacial score (nSPS) is 16.5. The van der Waals surface area contributed by atoms with Gasteiger partial charge in [-0.1, -0.05) is 0 Å². The second-order valence-electron chi connectivity index (χ2n) is 4.16. The summed E-state index contributed by atoms with van der Waals surface area (Å²) in [6.45, 7) is 0. The number of halogens is 1. The Morgan fingerprint density at radius 3 is 2.76 bits per heavy atom. The number of hydrogen-bond donors (Lipinski definition) is 0. The van der Waals surface area contributed by atoms with E-state index in [1.165, 1.54) is 15.3 Å². The predicted molar refractivity (Wildman–Crippen MR) is 61.1 cm³/mol. The lowest BCUT2D eigenvalue weighted by molar-refractivity contribution is -0.126. The van der Waals surface area contributed by atoms with E-state index in [0.717, 1.165) is 0 Å². The number of aryl methyl sites for hydroxylation is 1. The minimum atomic E-state index is -0.186. The van der Waals surface area contributed by atoms with Gasteiger partial charge in [-0.3, -0.25) is 13.9 Å². The first-order valence-electron chi connectivity index (χ1n) is 5.19. The first-order chi connectivity index (χ1) is 8.08. The predicted octanol–water partition coefficient (Wildman–Crippen LogP) is 0.687. The van der Waals surface area contributed by atoms with Gasteiger partial charge in [0, 0.05) is 19.9 Å². The Balaban J connectivity index is 2.29. The molecule has 2 aromatic rings. The molecule has 0 aromatic carbocycles. The Hall–Kier alpha value is -1.69. The van der Waals surface area contributed by atoms with Crippen molar-refractivity contribution in [3.8, 4) is 0 Å². The maximum atomic E-state index is 12.0. The topological polar surface area (TPSA) is 69.8 Å². The fourth-order valence-electron chi connectivity index (χ4n) is 2.09. The fraction of sp³-hybridized carbons (Fsp3) is 0.400. The number of nitrogens with zero attached hydrogens (tertiary/aromatic N) is 4. The lowest BCUT2D eigenvalue weighted by Crippen LogP contribution is -2.34. The minimum Gasteiger partial charge on any atom is -0.300 e. The SMILES string of the molecule is Cn1c(=O)n(C2CC(=O)C2)c2nc(Cl)ncc21. The summed E-state index contributed by atoms with van der Waals surface area (Å²) >= 11 is 5.73. The Morgan fingerprint density at radius 2 is 2.12 bits per heavy atom. The van der Waals surface area contributed by atoms with Crippen LogP contribution in [0.4, 0.5) is 0 Å². The van der Waals surface area contributed by atoms with Crippen molar-refractivity contribution < 1.29 is 4.79 Å². The molecule has 88 valence electrons. The van der Waals surface area contributed by atoms with Crippen LogP contribution in [0.25, 0.3) is 11.2 Å². The molecule has 0 atom stereocenters. The van der Waals surface area contributed by atoms with E-state index in [1.807, 2.05) is 0 Å². The van der Waals surface area contributed by atoms with Gasteiger partial charge in [-0.05, 0) is 11.6 Å². The number of carbonyl (C=O) groups excluding carboxylic acids is 1. The third-order valence-corrected chi connectivity index (χ3v) is 3.28. The monoisotopic (exact) mass is 252 g/mol. The molecule has 1 fully saturated rings. The quantitative estimate of drug-likeness (QED) is 0.700. The van der Waals surface area contributed by atoms with Crippen LogP contribution in [-0.4, -0.2) is 24.9 Å². The van der Waals surface area contributed by atoms with Gasteiger partial charge in [0.1, 0.15) is 11.3 Å². The van der Waals surface area contributed by atoms with Gasteiger partial charge >= 0.3 is 5.69 Å². The Kier molecular flexibility index (Phi) is 2.09. The molecule has 17 heavy (non-hydrogen) atoms. The molecular formula is C10H9ClN4O2. The van der Waals surface area contributed by atoms with Crippen LogP contribution in [0.15, 0.2) is 11.0 Å². The van der Waals surface area contributed by atoms with Crippen LogP contribution in [0.1, 0.15) is 18.9 Å². The summed E-state index contributed by atoms with van der Waals surface area (Å²) < 4.78 is 3.00. The summed E-state index contributed by atoms with van der Waals surface area (Å²) in [5, 5.41) is 0.0995. The van der Waals surface area contributed by atoms with Crippen molar-refractivity contribution in [2.45, 2.75) is 18.9 Å². The van der Waals surface area contributed by atoms with E-state index in [2.05, 4.69) is 9.97 Å². The zero-order valence-corrected chi connectivity index (χ0v) is 9.81. The maximum Gasteiger partial charge on any atom is 0.330 e. The van der Waals surface area contributed by atoms with E-state index in [9.17, 15) is 9.59 Å². The van der Waals surface area contributed by atoms with Crippen molar-refractivity contribution in [2.75, 3.05) is 0 Å². The van der Waals surface area contributed by atoms with E-state index >= 15 is 0 Å². The number of rotatable bonds is 1. The Morgan fingerprint density at radius 1 is 1.41 bits per heavy atom. The first kappa shape index (κ1) is 10.5. The lowest BCUT2D eigenvalue weighted by Gasteiger charge is -2.24. The molecule has 0 bridgehead atoms. The summed E-state index contributed by atoms with van der Waals surface area (Å²) in [6.07, 6.45) is 2.30. The molecule has 1 saturated carbocycles. The highest BCUT2D eigenvalue weighted by atomic mass is 35.5. The molecule has 1 aliphatic carbocycles. The Bertz CT molecular complexity index is 679. The second kappa shape index (κ2) is 3.40. The van der Waals surface area contributed by atoms with Crippen LogP contribution in [0.3, 0.4) is 0 Å². The van der Waals surface area contributed by atoms with Crippen molar-refractivity contribution in [1.82, 2.24) is 19.1 Å². The number of ketones is 1. The van der Waals surface area contributed by atoms with Crippen molar-refractivity contribution in [2.24, 2.45) is 7.05 Å². The molecule has 6 nitrogen and oxygen atoms in total. The molecular weight excluding hydrogens is 244 g/mol. The van der Waals surface area contributed by atoms with Crippen LogP contribution >= 0.6 is 11.6 Å². The molecule has 7 heteroatoms. The van der Waals surface area contributed by atoms with E-state index < -0.39 is 0 Å². The van der Waals surface area contributed by atoms with E-state index in [1.54, 1.807) is 7.05 Å². The number of imidazole rings is 1. The average Bonchev–Trinajstić information content (AvgIpc) is 2.48. The number of Topliss-reactive ketones (excluding diaryl/α,β-unsaturated/α-hetero) is 1. The van der Waals surface area contributed by atoms with Crippen molar-refractivity contribution in [3.63, 3.8) is 0 Å². The zero-order chi connectivity index (χ0) is 12.2. The van der Waals surface area contributed by atoms with Crippen LogP contribution in [0, 0.1) is 0 Å². The van der Waals surface area contributed by atoms with Crippen molar-refractivity contribution in [3.05, 3.63) is 22.0 Å². The van der Waals surface area contributed by atoms with Gasteiger partial charge in [0.2, 0.25) is 5.28 Å². The van der Waals surface area contributed by atoms with E-state index in [0.29, 0.717) is 24.0 Å². The Labute approximate surface area is 101 Å². The molecule has 1 aliphatic rings. The van der Waals surface area contributed by atoms with Crippen LogP contribution < -0.4 is 5.69 Å². The van der Waals surface area contributed by atoms with Gasteiger partial charge in [0.05, 0.1) is 12.2 Å². The number of fused-ring (bicyclic) bond motifs is 1. The molecule has 0 amide bonds. The molecule has 3 rings (SSSR count). The van der Waals surface area contributed by atoms with Gasteiger partial charge < -0.3 is 0 Å². The summed E-state index contributed by atoms with van der Waals surface area (Å²) in [4.78, 5) is 31.0. The molecule has 0 radical (unpaired) electrons. The smallest absolute Gasteiger partial charge is 0.300 e. The van der Waals surface area contributed by atoms with Crippen molar-refractivity contribution in [1.29, 1.82) is 0 Å². The average molecular weight is 253 g/mol. The largest absolute Gasteiger partial charge is 0.330 e. The first-order valence-corrected chi connectivity index (χ1v) is 5.57. The highest BCUT2D eigenvalue weighted by Crippen LogP contribution is 2.29. The number of aromatic nitrogens is 4. The third kappa shape index (κ3) is 1.40. The molecule has 0 unspecified atom stereocenters. The van der Waals surface area contributed by atoms with Gasteiger partial charge in [-0.2, -0.15) is 4.98 Å². The third-order valence-electron chi connectivity index (χ3n) is 3.09. The standard InChI is InChI=1S/C10H9ClN4O2/c1-14-7-4-12-9(11)13-8(7)15(10(14)17)5-2-6(16)3-5/h4-5H,2-3H2,1H3. The minimum absolute atomic E-state index is 0.0929. The number of hydrogen-bond acceptors (Lipinski definition) is 4. The van der Waals surface area contributed by atoms with Crippen LogP contribution in [-0.2, 0) is 11.8 Å². The molecule has 0 N–H and O–H groups in total. The summed E-state index contributed by atoms with van der Waals surface area (Å²) in [7, 11) is 1.65. The summed E-state index contributed by atoms with van der Waals surface area (Å²) in [5.74, 6) is 0.166. The molecule has 0 saturated heterocycles. The number of carbonyl (C=O) groups is 1. The van der Waals surface area contributed by atoms with E-state index in [-0.39, 0.29) is 22.8 Å². The highest BCUT2D eigenvalue weighted by molar-refractivity contribution is 6.28. The lowest BCUT2D eigenvalue weighted by atomic mass is 9.91. The van der Waals surface area contributed by atoms with Gasteiger partial charge in [-0.25, -0.2) is 9.78 Å². The zero-order valence-electron chi connectivity index (χ0n) is 9.05. The van der Waals surface area contributed by atoms with Gasteiger partial charge in [-0.15, -0.1) is 0 Å². The molecule has 2 heterocycles. The molecule has 2 aromatic heterocycles.